The predicted octanol–water partition coefficient (Wildman–Crippen LogP) is 1.21. The number of nitrogen functional groups attached to an aromatic ring is 1. The number of aromatic nitrogens is 3. The number of anilines is 1. The molecule has 1 atom stereocenters. The summed E-state index contributed by atoms with van der Waals surface area (Å²) in [7, 11) is 0. The van der Waals surface area contributed by atoms with Crippen molar-refractivity contribution in [3.05, 3.63) is 41.5 Å². The molecule has 0 fully saturated rings. The Labute approximate surface area is 99.9 Å². The van der Waals surface area contributed by atoms with Crippen LogP contribution in [0.4, 0.5) is 5.69 Å². The molecule has 0 bridgehead atoms. The zero-order valence-corrected chi connectivity index (χ0v) is 9.96. The smallest absolute Gasteiger partial charge is 0.147 e. The number of hydrogen-bond acceptors (Lipinski definition) is 4. The lowest BCUT2D eigenvalue weighted by Crippen LogP contribution is -2.11. The lowest BCUT2D eigenvalue weighted by Gasteiger charge is -2.12. The molecule has 90 valence electrons. The Bertz CT molecular complexity index is 521. The highest BCUT2D eigenvalue weighted by molar-refractivity contribution is 5.41. The van der Waals surface area contributed by atoms with Crippen molar-refractivity contribution in [2.24, 2.45) is 0 Å². The maximum atomic E-state index is 10.1. The first-order chi connectivity index (χ1) is 8.06. The molecule has 0 aliphatic carbocycles. The number of benzene rings is 1. The lowest BCUT2D eigenvalue weighted by molar-refractivity contribution is 0.150. The van der Waals surface area contributed by atoms with E-state index in [1.807, 2.05) is 26.0 Å². The number of aryl methyl sites for hydroxylation is 2. The van der Waals surface area contributed by atoms with Gasteiger partial charge in [-0.15, -0.1) is 0 Å². The van der Waals surface area contributed by atoms with Crippen LogP contribution in [0.3, 0.4) is 0 Å². The highest BCUT2D eigenvalue weighted by Crippen LogP contribution is 2.17. The summed E-state index contributed by atoms with van der Waals surface area (Å²) in [4.78, 5) is 4.19. The van der Waals surface area contributed by atoms with Crippen LogP contribution in [0.5, 0.6) is 0 Å². The van der Waals surface area contributed by atoms with E-state index >= 15 is 0 Å². The second kappa shape index (κ2) is 4.55. The highest BCUT2D eigenvalue weighted by atomic mass is 16.3. The van der Waals surface area contributed by atoms with Crippen molar-refractivity contribution in [2.45, 2.75) is 26.5 Å². The Morgan fingerprint density at radius 3 is 2.76 bits per heavy atom. The topological polar surface area (TPSA) is 77.0 Å². The van der Waals surface area contributed by atoms with Crippen LogP contribution >= 0.6 is 0 Å². The van der Waals surface area contributed by atoms with Crippen molar-refractivity contribution in [2.75, 3.05) is 5.73 Å². The van der Waals surface area contributed by atoms with Crippen LogP contribution < -0.4 is 5.73 Å². The average molecular weight is 232 g/mol. The molecule has 0 saturated carbocycles. The molecule has 0 saturated heterocycles. The predicted molar refractivity (Wildman–Crippen MR) is 65.3 cm³/mol. The zero-order valence-electron chi connectivity index (χ0n) is 9.96. The third-order valence-electron chi connectivity index (χ3n) is 2.60. The van der Waals surface area contributed by atoms with E-state index in [4.69, 9.17) is 5.73 Å². The Balaban J connectivity index is 2.16. The molecule has 2 aromatic rings. The van der Waals surface area contributed by atoms with E-state index in [0.717, 1.165) is 11.4 Å². The third kappa shape index (κ3) is 2.62. The van der Waals surface area contributed by atoms with Gasteiger partial charge in [-0.05, 0) is 31.5 Å². The molecule has 1 aromatic carbocycles. The first-order valence-corrected chi connectivity index (χ1v) is 5.48. The Kier molecular flexibility index (Phi) is 3.10. The van der Waals surface area contributed by atoms with Gasteiger partial charge in [0.25, 0.3) is 0 Å². The molecule has 0 amide bonds. The van der Waals surface area contributed by atoms with Gasteiger partial charge in [-0.1, -0.05) is 12.1 Å². The van der Waals surface area contributed by atoms with Crippen LogP contribution in [0, 0.1) is 13.8 Å². The molecule has 5 heteroatoms. The molecular weight excluding hydrogens is 216 g/mol. The summed E-state index contributed by atoms with van der Waals surface area (Å²) in [6.07, 6.45) is -0.627. The Morgan fingerprint density at radius 2 is 2.18 bits per heavy atom. The standard InChI is InChI=1S/C12H16N4O/c1-8-14-9(2)16(15-8)7-12(17)10-4-3-5-11(13)6-10/h3-6,12,17H,7,13H2,1-2H3. The molecule has 0 aliphatic rings. The van der Waals surface area contributed by atoms with Crippen molar-refractivity contribution in [1.29, 1.82) is 0 Å². The molecule has 1 heterocycles. The molecule has 17 heavy (non-hydrogen) atoms. The van der Waals surface area contributed by atoms with Crippen molar-refractivity contribution >= 4 is 5.69 Å². The minimum atomic E-state index is -0.627. The minimum absolute atomic E-state index is 0.385. The maximum absolute atomic E-state index is 10.1. The summed E-state index contributed by atoms with van der Waals surface area (Å²) < 4.78 is 1.70. The number of hydrogen-bond donors (Lipinski definition) is 2. The monoisotopic (exact) mass is 232 g/mol. The molecule has 0 spiro atoms. The summed E-state index contributed by atoms with van der Waals surface area (Å²) in [5.74, 6) is 1.51. The number of rotatable bonds is 3. The zero-order chi connectivity index (χ0) is 12.4. The second-order valence-electron chi connectivity index (χ2n) is 4.07. The van der Waals surface area contributed by atoms with E-state index in [1.54, 1.807) is 16.8 Å². The largest absolute Gasteiger partial charge is 0.399 e. The van der Waals surface area contributed by atoms with Gasteiger partial charge in [-0.3, -0.25) is 0 Å². The molecule has 5 nitrogen and oxygen atoms in total. The lowest BCUT2D eigenvalue weighted by atomic mass is 10.1. The SMILES string of the molecule is Cc1nc(C)n(CC(O)c2cccc(N)c2)n1. The van der Waals surface area contributed by atoms with Crippen molar-refractivity contribution in [3.63, 3.8) is 0 Å². The van der Waals surface area contributed by atoms with Gasteiger partial charge in [0.05, 0.1) is 12.6 Å². The van der Waals surface area contributed by atoms with E-state index < -0.39 is 6.10 Å². The van der Waals surface area contributed by atoms with Crippen LogP contribution in [0.1, 0.15) is 23.3 Å². The van der Waals surface area contributed by atoms with Gasteiger partial charge in [0.1, 0.15) is 11.6 Å². The van der Waals surface area contributed by atoms with Gasteiger partial charge in [0.15, 0.2) is 0 Å². The molecular formula is C12H16N4O. The average Bonchev–Trinajstić information content (AvgIpc) is 2.57. The molecule has 1 unspecified atom stereocenters. The fraction of sp³-hybridized carbons (Fsp3) is 0.333. The maximum Gasteiger partial charge on any atom is 0.147 e. The number of aliphatic hydroxyl groups excluding tert-OH is 1. The molecule has 1 aromatic heterocycles. The number of nitrogens with zero attached hydrogens (tertiary/aromatic N) is 3. The van der Waals surface area contributed by atoms with Crippen LogP contribution in [-0.4, -0.2) is 19.9 Å². The highest BCUT2D eigenvalue weighted by Gasteiger charge is 2.11. The summed E-state index contributed by atoms with van der Waals surface area (Å²) >= 11 is 0. The molecule has 0 radical (unpaired) electrons. The Morgan fingerprint density at radius 1 is 1.41 bits per heavy atom. The quantitative estimate of drug-likeness (QED) is 0.780. The first kappa shape index (κ1) is 11.6. The van der Waals surface area contributed by atoms with Gasteiger partial charge in [0, 0.05) is 5.69 Å². The first-order valence-electron chi connectivity index (χ1n) is 5.48. The van der Waals surface area contributed by atoms with Crippen molar-refractivity contribution in [3.8, 4) is 0 Å². The minimum Gasteiger partial charge on any atom is -0.399 e. The molecule has 0 aliphatic heterocycles. The van der Waals surface area contributed by atoms with Crippen LogP contribution in [-0.2, 0) is 6.54 Å². The van der Waals surface area contributed by atoms with E-state index in [0.29, 0.717) is 18.1 Å². The van der Waals surface area contributed by atoms with E-state index in [9.17, 15) is 5.11 Å². The van der Waals surface area contributed by atoms with Gasteiger partial charge in [-0.2, -0.15) is 5.10 Å². The molecule has 3 N–H and O–H groups in total. The normalized spacial score (nSPS) is 12.6. The third-order valence-corrected chi connectivity index (χ3v) is 2.60. The van der Waals surface area contributed by atoms with Crippen molar-refractivity contribution < 1.29 is 5.11 Å². The van der Waals surface area contributed by atoms with Gasteiger partial charge < -0.3 is 10.8 Å². The summed E-state index contributed by atoms with van der Waals surface area (Å²) in [5.41, 5.74) is 7.11. The second-order valence-corrected chi connectivity index (χ2v) is 4.07. The summed E-state index contributed by atoms with van der Waals surface area (Å²) in [5, 5.41) is 14.3. The fourth-order valence-electron chi connectivity index (χ4n) is 1.77. The van der Waals surface area contributed by atoms with Gasteiger partial charge in [0.2, 0.25) is 0 Å². The molecule has 2 rings (SSSR count). The Hall–Kier alpha value is -1.88. The van der Waals surface area contributed by atoms with Crippen molar-refractivity contribution in [1.82, 2.24) is 14.8 Å². The van der Waals surface area contributed by atoms with Gasteiger partial charge in [-0.25, -0.2) is 9.67 Å². The summed E-state index contributed by atoms with van der Waals surface area (Å²) in [6.45, 7) is 4.08. The number of nitrogens with two attached hydrogens (primary N) is 1. The van der Waals surface area contributed by atoms with Gasteiger partial charge >= 0.3 is 0 Å². The van der Waals surface area contributed by atoms with Crippen LogP contribution in [0.15, 0.2) is 24.3 Å². The number of aliphatic hydroxyl groups is 1. The summed E-state index contributed by atoms with van der Waals surface area (Å²) in [6, 6.07) is 7.23. The van der Waals surface area contributed by atoms with E-state index in [1.165, 1.54) is 0 Å². The van der Waals surface area contributed by atoms with Crippen LogP contribution in [0.2, 0.25) is 0 Å². The van der Waals surface area contributed by atoms with E-state index in [-0.39, 0.29) is 0 Å². The van der Waals surface area contributed by atoms with Crippen LogP contribution in [0.25, 0.3) is 0 Å². The van der Waals surface area contributed by atoms with E-state index in [2.05, 4.69) is 10.1 Å². The fourth-order valence-corrected chi connectivity index (χ4v) is 1.77.